The number of hydrogen-bond donors (Lipinski definition) is 1. The molecule has 2 aromatic carbocycles. The fourth-order valence-electron chi connectivity index (χ4n) is 3.63. The van der Waals surface area contributed by atoms with Gasteiger partial charge in [0.25, 0.3) is 15.7 Å². The standard InChI is InChI=1S/C22H21Cl2N3O5S2/c1-14-3-4-15(9-19(14)27(28)29)16-10-21(33-12-16)34(30,31)26(24)17-5-6-18(23)20(11-17)32-22(2)7-8-25-13-22/h3-6,9-12,25H,7-8,13H2,1-2H3/t22-/m1/s1. The lowest BCUT2D eigenvalue weighted by Crippen LogP contribution is -2.34. The van der Waals surface area contributed by atoms with Crippen molar-refractivity contribution < 1.29 is 18.1 Å². The van der Waals surface area contributed by atoms with Crippen molar-refractivity contribution in [3.63, 3.8) is 0 Å². The second kappa shape index (κ2) is 9.35. The Kier molecular flexibility index (Phi) is 6.80. The van der Waals surface area contributed by atoms with E-state index in [0.717, 1.165) is 24.3 Å². The minimum absolute atomic E-state index is 0.00917. The Bertz CT molecular complexity index is 1350. The number of nitrogens with one attached hydrogen (secondary N) is 1. The number of halogens is 2. The second-order valence-corrected chi connectivity index (χ2v) is 12.1. The third-order valence-corrected chi connectivity index (χ3v) is 9.54. The molecule has 1 aliphatic rings. The highest BCUT2D eigenvalue weighted by Crippen LogP contribution is 2.38. The van der Waals surface area contributed by atoms with Crippen LogP contribution in [-0.2, 0) is 10.0 Å². The quantitative estimate of drug-likeness (QED) is 0.231. The number of anilines is 1. The number of sulfonamides is 1. The maximum atomic E-state index is 13.2. The zero-order valence-electron chi connectivity index (χ0n) is 18.2. The van der Waals surface area contributed by atoms with Gasteiger partial charge in [-0.05, 0) is 55.1 Å². The van der Waals surface area contributed by atoms with Crippen molar-refractivity contribution in [1.29, 1.82) is 0 Å². The summed E-state index contributed by atoms with van der Waals surface area (Å²) >= 11 is 13.6. The van der Waals surface area contributed by atoms with Crippen LogP contribution >= 0.6 is 34.7 Å². The van der Waals surface area contributed by atoms with Gasteiger partial charge in [-0.3, -0.25) is 10.1 Å². The fraction of sp³-hybridized carbons (Fsp3) is 0.273. The number of rotatable bonds is 7. The normalized spacial score (nSPS) is 18.1. The number of nitrogens with zero attached hydrogens (tertiary/aromatic N) is 2. The lowest BCUT2D eigenvalue weighted by atomic mass is 10.1. The topological polar surface area (TPSA) is 102 Å². The summed E-state index contributed by atoms with van der Waals surface area (Å²) in [6.07, 6.45) is 0.783. The molecule has 2 heterocycles. The van der Waals surface area contributed by atoms with Crippen LogP contribution in [0, 0.1) is 17.0 Å². The number of benzene rings is 2. The van der Waals surface area contributed by atoms with Crippen LogP contribution in [0.4, 0.5) is 11.4 Å². The summed E-state index contributed by atoms with van der Waals surface area (Å²) < 4.78 is 33.2. The lowest BCUT2D eigenvalue weighted by Gasteiger charge is -2.26. The summed E-state index contributed by atoms with van der Waals surface area (Å²) in [5.41, 5.74) is 1.28. The Morgan fingerprint density at radius 3 is 2.65 bits per heavy atom. The van der Waals surface area contributed by atoms with E-state index in [0.29, 0.717) is 37.8 Å². The maximum absolute atomic E-state index is 13.2. The minimum Gasteiger partial charge on any atom is -0.485 e. The molecule has 1 N–H and O–H groups in total. The van der Waals surface area contributed by atoms with E-state index in [4.69, 9.17) is 28.1 Å². The number of nitro groups is 1. The number of aryl methyl sites for hydroxylation is 1. The lowest BCUT2D eigenvalue weighted by molar-refractivity contribution is -0.385. The van der Waals surface area contributed by atoms with Gasteiger partial charge in [-0.2, -0.15) is 12.2 Å². The van der Waals surface area contributed by atoms with Crippen molar-refractivity contribution >= 4 is 56.1 Å². The molecule has 1 aromatic heterocycles. The molecule has 0 bridgehead atoms. The molecule has 1 aliphatic heterocycles. The van der Waals surface area contributed by atoms with Crippen LogP contribution in [-0.4, -0.2) is 32.0 Å². The van der Waals surface area contributed by atoms with Gasteiger partial charge in [-0.1, -0.05) is 23.7 Å². The Hall–Kier alpha value is -2.37. The molecular weight excluding hydrogens is 521 g/mol. The predicted molar refractivity (Wildman–Crippen MR) is 135 cm³/mol. The highest BCUT2D eigenvalue weighted by molar-refractivity contribution is 7.96. The van der Waals surface area contributed by atoms with Crippen LogP contribution in [0.25, 0.3) is 11.1 Å². The number of thiophene rings is 1. The summed E-state index contributed by atoms with van der Waals surface area (Å²) in [5, 5.41) is 16.5. The van der Waals surface area contributed by atoms with Gasteiger partial charge in [-0.15, -0.1) is 11.3 Å². The van der Waals surface area contributed by atoms with Crippen molar-refractivity contribution in [2.24, 2.45) is 0 Å². The molecule has 4 rings (SSSR count). The summed E-state index contributed by atoms with van der Waals surface area (Å²) in [7, 11) is -4.11. The van der Waals surface area contributed by atoms with Crippen LogP contribution in [0.1, 0.15) is 18.9 Å². The van der Waals surface area contributed by atoms with E-state index in [-0.39, 0.29) is 15.6 Å². The van der Waals surface area contributed by atoms with Gasteiger partial charge >= 0.3 is 0 Å². The first-order valence-electron chi connectivity index (χ1n) is 10.2. The first-order valence-corrected chi connectivity index (χ1v) is 13.3. The van der Waals surface area contributed by atoms with Crippen molar-refractivity contribution in [3.05, 3.63) is 68.5 Å². The summed E-state index contributed by atoms with van der Waals surface area (Å²) in [4.78, 5) is 10.8. The average Bonchev–Trinajstić information content (AvgIpc) is 3.45. The predicted octanol–water partition coefficient (Wildman–Crippen LogP) is 5.77. The van der Waals surface area contributed by atoms with Gasteiger partial charge in [-0.25, -0.2) is 0 Å². The smallest absolute Gasteiger partial charge is 0.287 e. The Balaban J connectivity index is 1.62. The van der Waals surface area contributed by atoms with E-state index in [1.165, 1.54) is 30.3 Å². The van der Waals surface area contributed by atoms with E-state index >= 15 is 0 Å². The monoisotopic (exact) mass is 541 g/mol. The van der Waals surface area contributed by atoms with Crippen LogP contribution < -0.4 is 13.9 Å². The third-order valence-electron chi connectivity index (χ3n) is 5.58. The molecule has 0 radical (unpaired) electrons. The molecule has 12 heteroatoms. The summed E-state index contributed by atoms with van der Waals surface area (Å²) in [6, 6.07) is 10.7. The second-order valence-electron chi connectivity index (χ2n) is 8.23. The SMILES string of the molecule is Cc1ccc(-c2csc(S(=O)(=O)N(Cl)c3ccc(Cl)c(O[C@]4(C)CCNC4)c3)c2)cc1[N+](=O)[O-]. The highest BCUT2D eigenvalue weighted by Gasteiger charge is 2.32. The first-order chi connectivity index (χ1) is 16.0. The van der Waals surface area contributed by atoms with E-state index < -0.39 is 20.5 Å². The molecule has 0 aliphatic carbocycles. The molecular formula is C22H21Cl2N3O5S2. The molecule has 1 saturated heterocycles. The van der Waals surface area contributed by atoms with Crippen molar-refractivity contribution in [3.8, 4) is 16.9 Å². The summed E-state index contributed by atoms with van der Waals surface area (Å²) in [5.74, 6) is 0.338. The van der Waals surface area contributed by atoms with E-state index in [1.54, 1.807) is 24.4 Å². The Morgan fingerprint density at radius 2 is 1.97 bits per heavy atom. The molecule has 3 aromatic rings. The van der Waals surface area contributed by atoms with Gasteiger partial charge in [0.1, 0.15) is 15.6 Å². The first kappa shape index (κ1) is 24.7. The van der Waals surface area contributed by atoms with E-state index in [9.17, 15) is 18.5 Å². The molecule has 1 atom stereocenters. The molecule has 180 valence electrons. The van der Waals surface area contributed by atoms with Gasteiger partial charge in [0.15, 0.2) is 0 Å². The van der Waals surface area contributed by atoms with Crippen LogP contribution in [0.2, 0.25) is 5.02 Å². The zero-order chi connectivity index (χ0) is 24.7. The van der Waals surface area contributed by atoms with Crippen molar-refractivity contribution in [2.75, 3.05) is 16.9 Å². The summed E-state index contributed by atoms with van der Waals surface area (Å²) in [6.45, 7) is 5.05. The minimum atomic E-state index is -4.11. The van der Waals surface area contributed by atoms with Gasteiger partial charge < -0.3 is 10.1 Å². The Labute approximate surface area is 211 Å². The van der Waals surface area contributed by atoms with Gasteiger partial charge in [0, 0.05) is 42.4 Å². The van der Waals surface area contributed by atoms with Crippen LogP contribution in [0.5, 0.6) is 5.75 Å². The zero-order valence-corrected chi connectivity index (χ0v) is 21.4. The molecule has 8 nitrogen and oxygen atoms in total. The van der Waals surface area contributed by atoms with Gasteiger partial charge in [0.05, 0.1) is 15.6 Å². The van der Waals surface area contributed by atoms with Crippen molar-refractivity contribution in [1.82, 2.24) is 5.32 Å². The van der Waals surface area contributed by atoms with E-state index in [2.05, 4.69) is 5.32 Å². The highest BCUT2D eigenvalue weighted by atomic mass is 35.5. The Morgan fingerprint density at radius 1 is 1.21 bits per heavy atom. The van der Waals surface area contributed by atoms with Crippen LogP contribution in [0.15, 0.2) is 52.1 Å². The van der Waals surface area contributed by atoms with E-state index in [1.807, 2.05) is 6.92 Å². The largest absolute Gasteiger partial charge is 0.485 e. The molecule has 1 fully saturated rings. The molecule has 0 spiro atoms. The number of nitro benzene ring substituents is 1. The van der Waals surface area contributed by atoms with Crippen molar-refractivity contribution in [2.45, 2.75) is 30.1 Å². The van der Waals surface area contributed by atoms with Crippen LogP contribution in [0.3, 0.4) is 0 Å². The number of ether oxygens (including phenoxy) is 1. The molecule has 0 amide bonds. The average molecular weight is 542 g/mol. The number of hydrogen-bond acceptors (Lipinski definition) is 7. The molecule has 34 heavy (non-hydrogen) atoms. The third kappa shape index (κ3) is 4.87. The fourth-order valence-corrected chi connectivity index (χ4v) is 6.56. The van der Waals surface area contributed by atoms with Gasteiger partial charge in [0.2, 0.25) is 0 Å². The maximum Gasteiger partial charge on any atom is 0.287 e. The molecule has 0 unspecified atom stereocenters. The molecule has 0 saturated carbocycles.